The maximum Gasteiger partial charge on any atom is 0.327 e. The summed E-state index contributed by atoms with van der Waals surface area (Å²) >= 11 is 0. The lowest BCUT2D eigenvalue weighted by Gasteiger charge is -2.24. The van der Waals surface area contributed by atoms with E-state index < -0.39 is 33.6 Å². The molecular formula is C9H16N2O5S. The maximum absolute atomic E-state index is 11.6. The van der Waals surface area contributed by atoms with Gasteiger partial charge in [-0.05, 0) is 12.8 Å². The van der Waals surface area contributed by atoms with Crippen LogP contribution in [0.3, 0.4) is 0 Å². The van der Waals surface area contributed by atoms with Gasteiger partial charge in [-0.25, -0.2) is 18.0 Å². The Morgan fingerprint density at radius 3 is 2.35 bits per heavy atom. The van der Waals surface area contributed by atoms with Gasteiger partial charge in [0.25, 0.3) is 0 Å². The minimum atomic E-state index is -3.46. The lowest BCUT2D eigenvalue weighted by Crippen LogP contribution is -2.50. The first kappa shape index (κ1) is 13.8. The summed E-state index contributed by atoms with van der Waals surface area (Å²) in [5.41, 5.74) is 0. The Labute approximate surface area is 99.7 Å². The Bertz CT molecular complexity index is 415. The van der Waals surface area contributed by atoms with E-state index in [0.717, 1.165) is 24.0 Å². The Balaban J connectivity index is 2.68. The molecule has 2 N–H and O–H groups in total. The van der Waals surface area contributed by atoms with E-state index in [1.165, 1.54) is 7.05 Å². The lowest BCUT2D eigenvalue weighted by molar-refractivity contribution is -0.141. The highest BCUT2D eigenvalue weighted by atomic mass is 32.2. The van der Waals surface area contributed by atoms with E-state index in [9.17, 15) is 18.0 Å². The van der Waals surface area contributed by atoms with Gasteiger partial charge in [-0.1, -0.05) is 0 Å². The molecule has 1 unspecified atom stereocenters. The van der Waals surface area contributed by atoms with E-state index in [0.29, 0.717) is 0 Å². The largest absolute Gasteiger partial charge is 0.480 e. The van der Waals surface area contributed by atoms with Crippen LogP contribution in [-0.2, 0) is 14.6 Å². The van der Waals surface area contributed by atoms with E-state index >= 15 is 0 Å². The number of aliphatic carboxylic acids is 1. The molecule has 1 fully saturated rings. The van der Waals surface area contributed by atoms with Gasteiger partial charge in [0.05, 0.1) is 5.75 Å². The topological polar surface area (TPSA) is 104 Å². The molecule has 1 saturated carbocycles. The summed E-state index contributed by atoms with van der Waals surface area (Å²) < 4.78 is 22.2. The minimum absolute atomic E-state index is 0.0950. The SMILES string of the molecule is CN(C(=O)NC1CC1)C(CS(C)(=O)=O)C(=O)O. The molecule has 0 aromatic rings. The highest BCUT2D eigenvalue weighted by molar-refractivity contribution is 7.90. The van der Waals surface area contributed by atoms with Crippen LogP contribution in [0.1, 0.15) is 12.8 Å². The van der Waals surface area contributed by atoms with Crippen LogP contribution in [0, 0.1) is 0 Å². The van der Waals surface area contributed by atoms with Crippen molar-refractivity contribution in [3.63, 3.8) is 0 Å². The average molecular weight is 264 g/mol. The van der Waals surface area contributed by atoms with Crippen LogP contribution in [0.4, 0.5) is 4.79 Å². The lowest BCUT2D eigenvalue weighted by atomic mass is 10.3. The smallest absolute Gasteiger partial charge is 0.327 e. The van der Waals surface area contributed by atoms with Crippen molar-refractivity contribution >= 4 is 21.8 Å². The van der Waals surface area contributed by atoms with E-state index in [1.807, 2.05) is 0 Å². The molecule has 0 aromatic carbocycles. The van der Waals surface area contributed by atoms with Crippen LogP contribution in [-0.4, -0.2) is 61.6 Å². The molecule has 0 saturated heterocycles. The summed E-state index contributed by atoms with van der Waals surface area (Å²) in [5.74, 6) is -1.92. The zero-order valence-electron chi connectivity index (χ0n) is 9.71. The van der Waals surface area contributed by atoms with Gasteiger partial charge >= 0.3 is 12.0 Å². The summed E-state index contributed by atoms with van der Waals surface area (Å²) in [6, 6.07) is -1.81. The summed E-state index contributed by atoms with van der Waals surface area (Å²) in [4.78, 5) is 23.4. The van der Waals surface area contributed by atoms with Crippen LogP contribution < -0.4 is 5.32 Å². The predicted octanol–water partition coefficient (Wildman–Crippen LogP) is -0.712. The summed E-state index contributed by atoms with van der Waals surface area (Å²) in [5, 5.41) is 11.5. The molecule has 0 aromatic heterocycles. The van der Waals surface area contributed by atoms with Crippen LogP contribution in [0.15, 0.2) is 0 Å². The number of nitrogens with one attached hydrogen (secondary N) is 1. The molecule has 0 heterocycles. The molecule has 1 aliphatic rings. The van der Waals surface area contributed by atoms with Gasteiger partial charge in [-0.2, -0.15) is 0 Å². The Hall–Kier alpha value is -1.31. The molecular weight excluding hydrogens is 248 g/mol. The molecule has 0 bridgehead atoms. The number of amides is 2. The number of sulfone groups is 1. The van der Waals surface area contributed by atoms with Crippen molar-refractivity contribution in [3.05, 3.63) is 0 Å². The number of carbonyl (C=O) groups excluding carboxylic acids is 1. The van der Waals surface area contributed by atoms with Gasteiger partial charge in [0, 0.05) is 19.3 Å². The first-order chi connectivity index (χ1) is 7.70. The quantitative estimate of drug-likeness (QED) is 0.682. The number of nitrogens with zero attached hydrogens (tertiary/aromatic N) is 1. The second kappa shape index (κ2) is 4.91. The van der Waals surface area contributed by atoms with Crippen molar-refractivity contribution in [2.24, 2.45) is 0 Å². The number of hydrogen-bond acceptors (Lipinski definition) is 4. The molecule has 0 spiro atoms. The fraction of sp³-hybridized carbons (Fsp3) is 0.778. The fourth-order valence-electron chi connectivity index (χ4n) is 1.28. The number of carbonyl (C=O) groups is 2. The van der Waals surface area contributed by atoms with Crippen molar-refractivity contribution < 1.29 is 23.1 Å². The molecule has 7 nitrogen and oxygen atoms in total. The third-order valence-corrected chi connectivity index (χ3v) is 3.36. The minimum Gasteiger partial charge on any atom is -0.480 e. The monoisotopic (exact) mass is 264 g/mol. The van der Waals surface area contributed by atoms with E-state index in [4.69, 9.17) is 5.11 Å². The summed E-state index contributed by atoms with van der Waals surface area (Å²) in [7, 11) is -2.18. The second-order valence-corrected chi connectivity index (χ2v) is 6.47. The molecule has 8 heteroatoms. The van der Waals surface area contributed by atoms with E-state index in [-0.39, 0.29) is 6.04 Å². The molecule has 1 atom stereocenters. The number of carboxylic acid groups (broad SMARTS) is 1. The second-order valence-electron chi connectivity index (χ2n) is 4.28. The standard InChI is InChI=1S/C9H16N2O5S/c1-11(9(14)10-6-3-4-6)7(8(12)13)5-17(2,15)16/h6-7H,3-5H2,1-2H3,(H,10,14)(H,12,13). The van der Waals surface area contributed by atoms with Gasteiger partial charge < -0.3 is 15.3 Å². The third kappa shape index (κ3) is 4.59. The molecule has 98 valence electrons. The van der Waals surface area contributed by atoms with Crippen LogP contribution in [0.5, 0.6) is 0 Å². The normalized spacial score (nSPS) is 17.3. The van der Waals surface area contributed by atoms with Gasteiger partial charge in [0.1, 0.15) is 15.9 Å². The molecule has 0 aliphatic heterocycles. The average Bonchev–Trinajstić information content (AvgIpc) is 2.95. The number of carboxylic acids is 1. The number of rotatable bonds is 5. The molecule has 0 radical (unpaired) electrons. The van der Waals surface area contributed by atoms with Crippen LogP contribution in [0.2, 0.25) is 0 Å². The van der Waals surface area contributed by atoms with Crippen molar-refractivity contribution in [3.8, 4) is 0 Å². The molecule has 17 heavy (non-hydrogen) atoms. The van der Waals surface area contributed by atoms with Gasteiger partial charge in [-0.15, -0.1) is 0 Å². The first-order valence-corrected chi connectivity index (χ1v) is 7.20. The summed E-state index contributed by atoms with van der Waals surface area (Å²) in [6.45, 7) is 0. The zero-order chi connectivity index (χ0) is 13.2. The van der Waals surface area contributed by atoms with Gasteiger partial charge in [-0.3, -0.25) is 0 Å². The molecule has 2 amide bonds. The fourth-order valence-corrected chi connectivity index (χ4v) is 2.22. The number of urea groups is 1. The molecule has 1 rings (SSSR count). The van der Waals surface area contributed by atoms with Crippen molar-refractivity contribution in [1.82, 2.24) is 10.2 Å². The van der Waals surface area contributed by atoms with E-state index in [2.05, 4.69) is 5.32 Å². The van der Waals surface area contributed by atoms with Gasteiger partial charge in [0.2, 0.25) is 0 Å². The Morgan fingerprint density at radius 1 is 1.47 bits per heavy atom. The van der Waals surface area contributed by atoms with E-state index in [1.54, 1.807) is 0 Å². The summed E-state index contributed by atoms with van der Waals surface area (Å²) in [6.07, 6.45) is 2.70. The van der Waals surface area contributed by atoms with Crippen molar-refractivity contribution in [1.29, 1.82) is 0 Å². The highest BCUT2D eigenvalue weighted by Crippen LogP contribution is 2.19. The van der Waals surface area contributed by atoms with Crippen molar-refractivity contribution in [2.45, 2.75) is 24.9 Å². The zero-order valence-corrected chi connectivity index (χ0v) is 10.5. The van der Waals surface area contributed by atoms with Crippen molar-refractivity contribution in [2.75, 3.05) is 19.1 Å². The predicted molar refractivity (Wildman–Crippen MR) is 60.5 cm³/mol. The number of likely N-dealkylation sites (N-methyl/N-ethyl adjacent to an activating group) is 1. The first-order valence-electron chi connectivity index (χ1n) is 5.14. The number of hydrogen-bond donors (Lipinski definition) is 2. The third-order valence-electron chi connectivity index (χ3n) is 2.44. The highest BCUT2D eigenvalue weighted by Gasteiger charge is 2.32. The van der Waals surface area contributed by atoms with Gasteiger partial charge in [0.15, 0.2) is 0 Å². The van der Waals surface area contributed by atoms with Crippen LogP contribution >= 0.6 is 0 Å². The Morgan fingerprint density at radius 2 is 2.00 bits per heavy atom. The van der Waals surface area contributed by atoms with Crippen LogP contribution in [0.25, 0.3) is 0 Å². The molecule has 1 aliphatic carbocycles. The Kier molecular flexibility index (Phi) is 3.97. The maximum atomic E-state index is 11.6.